The number of aromatic hydroxyl groups is 1. The highest BCUT2D eigenvalue weighted by Gasteiger charge is 2.09. The molecule has 0 fully saturated rings. The number of nitrogens with zero attached hydrogens (tertiary/aromatic N) is 3. The Hall–Kier alpha value is -1.62. The van der Waals surface area contributed by atoms with E-state index < -0.39 is 0 Å². The summed E-state index contributed by atoms with van der Waals surface area (Å²) >= 11 is 1.53. The number of phenols is 1. The molecule has 70 valence electrons. The van der Waals surface area contributed by atoms with Crippen molar-refractivity contribution in [3.05, 3.63) is 24.0 Å². The maximum Gasteiger partial charge on any atom is 0.217 e. The molecule has 1 aromatic carbocycles. The third-order valence-corrected chi connectivity index (χ3v) is 3.20. The Labute approximate surface area is 83.4 Å². The van der Waals surface area contributed by atoms with Gasteiger partial charge in [0.2, 0.25) is 4.96 Å². The second-order valence-corrected chi connectivity index (χ2v) is 4.20. The van der Waals surface area contributed by atoms with Gasteiger partial charge in [-0.1, -0.05) is 11.3 Å². The standard InChI is InChI=1S/C9H7N3OS/c1-5-2-6(13)3-7-8(5)12-4-10-11-9(12)14-7/h2-4,13H,1H3. The van der Waals surface area contributed by atoms with E-state index >= 15 is 0 Å². The summed E-state index contributed by atoms with van der Waals surface area (Å²) in [5, 5.41) is 17.2. The van der Waals surface area contributed by atoms with Crippen molar-refractivity contribution < 1.29 is 5.11 Å². The minimum Gasteiger partial charge on any atom is -0.508 e. The van der Waals surface area contributed by atoms with E-state index in [1.165, 1.54) is 11.3 Å². The summed E-state index contributed by atoms with van der Waals surface area (Å²) < 4.78 is 2.97. The average molecular weight is 205 g/mol. The minimum absolute atomic E-state index is 0.299. The summed E-state index contributed by atoms with van der Waals surface area (Å²) in [4.78, 5) is 0.855. The van der Waals surface area contributed by atoms with E-state index in [2.05, 4.69) is 10.2 Å². The number of hydrogen-bond donors (Lipinski definition) is 1. The molecule has 14 heavy (non-hydrogen) atoms. The molecule has 2 aromatic heterocycles. The van der Waals surface area contributed by atoms with Crippen LogP contribution >= 0.6 is 11.3 Å². The minimum atomic E-state index is 0.299. The summed E-state index contributed by atoms with van der Waals surface area (Å²) in [5.74, 6) is 0.299. The molecular weight excluding hydrogens is 198 g/mol. The van der Waals surface area contributed by atoms with Crippen LogP contribution in [0, 0.1) is 6.92 Å². The van der Waals surface area contributed by atoms with E-state index in [-0.39, 0.29) is 0 Å². The molecule has 0 saturated heterocycles. The van der Waals surface area contributed by atoms with Gasteiger partial charge in [0.1, 0.15) is 12.1 Å². The monoisotopic (exact) mass is 205 g/mol. The predicted molar refractivity (Wildman–Crippen MR) is 54.8 cm³/mol. The van der Waals surface area contributed by atoms with Crippen LogP contribution in [-0.4, -0.2) is 19.7 Å². The first-order valence-corrected chi connectivity index (χ1v) is 4.99. The lowest BCUT2D eigenvalue weighted by Crippen LogP contribution is -1.81. The van der Waals surface area contributed by atoms with Gasteiger partial charge in [-0.15, -0.1) is 10.2 Å². The zero-order valence-electron chi connectivity index (χ0n) is 7.43. The van der Waals surface area contributed by atoms with Crippen molar-refractivity contribution in [1.29, 1.82) is 0 Å². The lowest BCUT2D eigenvalue weighted by Gasteiger charge is -1.97. The summed E-state index contributed by atoms with van der Waals surface area (Å²) in [5.41, 5.74) is 2.11. The van der Waals surface area contributed by atoms with Crippen molar-refractivity contribution in [3.8, 4) is 5.75 Å². The zero-order chi connectivity index (χ0) is 9.71. The molecule has 0 atom stereocenters. The van der Waals surface area contributed by atoms with E-state index in [0.717, 1.165) is 20.7 Å². The van der Waals surface area contributed by atoms with Gasteiger partial charge in [-0.05, 0) is 24.6 Å². The molecule has 0 aliphatic carbocycles. The van der Waals surface area contributed by atoms with Crippen molar-refractivity contribution in [2.24, 2.45) is 0 Å². The molecule has 0 spiro atoms. The second-order valence-electron chi connectivity index (χ2n) is 3.19. The Kier molecular flexibility index (Phi) is 1.36. The van der Waals surface area contributed by atoms with Gasteiger partial charge in [0.05, 0.1) is 10.2 Å². The number of phenolic OH excluding ortho intramolecular Hbond substituents is 1. The normalized spacial score (nSPS) is 11.5. The highest BCUT2D eigenvalue weighted by atomic mass is 32.1. The number of benzene rings is 1. The summed E-state index contributed by atoms with van der Waals surface area (Å²) in [6.07, 6.45) is 1.69. The SMILES string of the molecule is Cc1cc(O)cc2sc3nncn3c12. The van der Waals surface area contributed by atoms with Gasteiger partial charge < -0.3 is 5.11 Å². The fraction of sp³-hybridized carbons (Fsp3) is 0.111. The molecule has 1 N–H and O–H groups in total. The fourth-order valence-corrected chi connectivity index (χ4v) is 2.72. The molecule has 0 amide bonds. The lowest BCUT2D eigenvalue weighted by atomic mass is 10.2. The number of aromatic nitrogens is 3. The molecule has 0 radical (unpaired) electrons. The van der Waals surface area contributed by atoms with Crippen molar-refractivity contribution in [3.63, 3.8) is 0 Å². The van der Waals surface area contributed by atoms with Crippen molar-refractivity contribution in [2.45, 2.75) is 6.92 Å². The lowest BCUT2D eigenvalue weighted by molar-refractivity contribution is 0.476. The van der Waals surface area contributed by atoms with Gasteiger partial charge >= 0.3 is 0 Å². The Morgan fingerprint density at radius 2 is 2.29 bits per heavy atom. The number of hydrogen-bond acceptors (Lipinski definition) is 4. The largest absolute Gasteiger partial charge is 0.508 e. The van der Waals surface area contributed by atoms with E-state index in [1.54, 1.807) is 18.5 Å². The van der Waals surface area contributed by atoms with Crippen LogP contribution in [0.1, 0.15) is 5.56 Å². The molecule has 0 aliphatic rings. The average Bonchev–Trinajstić information content (AvgIpc) is 2.60. The molecule has 3 aromatic rings. The van der Waals surface area contributed by atoms with Crippen LogP contribution in [-0.2, 0) is 0 Å². The Morgan fingerprint density at radius 3 is 3.14 bits per heavy atom. The van der Waals surface area contributed by atoms with Crippen molar-refractivity contribution in [1.82, 2.24) is 14.6 Å². The topological polar surface area (TPSA) is 50.4 Å². The quantitative estimate of drug-likeness (QED) is 0.610. The molecule has 4 nitrogen and oxygen atoms in total. The Morgan fingerprint density at radius 1 is 1.43 bits per heavy atom. The number of rotatable bonds is 0. The van der Waals surface area contributed by atoms with E-state index in [1.807, 2.05) is 11.3 Å². The van der Waals surface area contributed by atoms with E-state index in [0.29, 0.717) is 5.75 Å². The van der Waals surface area contributed by atoms with Crippen molar-refractivity contribution >= 4 is 26.5 Å². The molecule has 0 aliphatic heterocycles. The third kappa shape index (κ3) is 0.871. The fourth-order valence-electron chi connectivity index (χ4n) is 1.66. The molecular formula is C9H7N3OS. The molecule has 3 rings (SSSR count). The maximum absolute atomic E-state index is 9.44. The van der Waals surface area contributed by atoms with Crippen LogP contribution < -0.4 is 0 Å². The predicted octanol–water partition coefficient (Wildman–Crippen LogP) is 1.96. The van der Waals surface area contributed by atoms with Crippen LogP contribution in [0.2, 0.25) is 0 Å². The van der Waals surface area contributed by atoms with Gasteiger partial charge in [-0.2, -0.15) is 0 Å². The third-order valence-electron chi connectivity index (χ3n) is 2.21. The summed E-state index contributed by atoms with van der Waals surface area (Å²) in [7, 11) is 0. The van der Waals surface area contributed by atoms with Crippen LogP contribution in [0.5, 0.6) is 5.75 Å². The molecule has 0 saturated carbocycles. The maximum atomic E-state index is 9.44. The number of fused-ring (bicyclic) bond motifs is 3. The molecule has 0 unspecified atom stereocenters. The van der Waals surface area contributed by atoms with Gasteiger partial charge in [0, 0.05) is 0 Å². The summed E-state index contributed by atoms with van der Waals surface area (Å²) in [6.45, 7) is 1.97. The first kappa shape index (κ1) is 7.75. The smallest absolute Gasteiger partial charge is 0.217 e. The highest BCUT2D eigenvalue weighted by Crippen LogP contribution is 2.30. The van der Waals surface area contributed by atoms with Crippen LogP contribution in [0.25, 0.3) is 15.2 Å². The second kappa shape index (κ2) is 2.45. The molecule has 5 heteroatoms. The molecule has 2 heterocycles. The Balaban J connectivity index is 2.62. The van der Waals surface area contributed by atoms with Crippen LogP contribution in [0.4, 0.5) is 0 Å². The zero-order valence-corrected chi connectivity index (χ0v) is 8.25. The molecule has 0 bridgehead atoms. The highest BCUT2D eigenvalue weighted by molar-refractivity contribution is 7.23. The van der Waals surface area contributed by atoms with E-state index in [4.69, 9.17) is 0 Å². The van der Waals surface area contributed by atoms with Crippen LogP contribution in [0.3, 0.4) is 0 Å². The van der Waals surface area contributed by atoms with Gasteiger partial charge in [-0.25, -0.2) is 0 Å². The Bertz CT molecular complexity index is 625. The van der Waals surface area contributed by atoms with Crippen LogP contribution in [0.15, 0.2) is 18.5 Å². The summed E-state index contributed by atoms with van der Waals surface area (Å²) in [6, 6.07) is 3.50. The van der Waals surface area contributed by atoms with Gasteiger partial charge in [0.15, 0.2) is 0 Å². The first-order valence-electron chi connectivity index (χ1n) is 4.17. The van der Waals surface area contributed by atoms with E-state index in [9.17, 15) is 5.11 Å². The van der Waals surface area contributed by atoms with Gasteiger partial charge in [0.25, 0.3) is 0 Å². The van der Waals surface area contributed by atoms with Gasteiger partial charge in [-0.3, -0.25) is 4.40 Å². The van der Waals surface area contributed by atoms with Crippen molar-refractivity contribution in [2.75, 3.05) is 0 Å². The first-order chi connectivity index (χ1) is 6.75. The number of thiazole rings is 1. The number of aryl methyl sites for hydroxylation is 1.